The molecule has 1 aliphatic heterocycles. The Bertz CT molecular complexity index is 1110. The molecule has 0 bridgehead atoms. The summed E-state index contributed by atoms with van der Waals surface area (Å²) >= 11 is 13.6. The standard InChI is InChI=1S/C21H18Cl2FN3O2S/c22-15-3-1-2-4-16(15)25-18(28)12-26-7-9-27(10-8-26)21(29)20-19(23)14-6-5-13(24)11-17(14)30-20/h1-6,11H,7-10,12H2,(H,25,28). The van der Waals surface area contributed by atoms with Crippen LogP contribution in [0.25, 0.3) is 10.1 Å². The lowest BCUT2D eigenvalue weighted by Gasteiger charge is -2.34. The van der Waals surface area contributed by atoms with Crippen LogP contribution in [0.15, 0.2) is 42.5 Å². The van der Waals surface area contributed by atoms with E-state index in [2.05, 4.69) is 5.32 Å². The van der Waals surface area contributed by atoms with Crippen molar-refractivity contribution < 1.29 is 14.0 Å². The smallest absolute Gasteiger partial charge is 0.265 e. The molecule has 0 radical (unpaired) electrons. The topological polar surface area (TPSA) is 52.7 Å². The first-order chi connectivity index (χ1) is 14.4. The molecular formula is C21H18Cl2FN3O2S. The average molecular weight is 466 g/mol. The fourth-order valence-electron chi connectivity index (χ4n) is 3.38. The number of halogens is 3. The van der Waals surface area contributed by atoms with E-state index in [9.17, 15) is 14.0 Å². The van der Waals surface area contributed by atoms with Gasteiger partial charge in [-0.2, -0.15) is 0 Å². The number of hydrogen-bond donors (Lipinski definition) is 1. The monoisotopic (exact) mass is 465 g/mol. The molecule has 4 rings (SSSR count). The molecular weight excluding hydrogens is 448 g/mol. The first kappa shape index (κ1) is 21.1. The summed E-state index contributed by atoms with van der Waals surface area (Å²) in [5.74, 6) is -0.678. The van der Waals surface area contributed by atoms with E-state index < -0.39 is 0 Å². The first-order valence-electron chi connectivity index (χ1n) is 9.36. The highest BCUT2D eigenvalue weighted by atomic mass is 35.5. The van der Waals surface area contributed by atoms with Gasteiger partial charge in [0.1, 0.15) is 10.7 Å². The van der Waals surface area contributed by atoms with Crippen molar-refractivity contribution in [2.75, 3.05) is 38.0 Å². The second kappa shape index (κ2) is 8.89. The number of carbonyl (C=O) groups is 2. The lowest BCUT2D eigenvalue weighted by atomic mass is 10.2. The molecule has 2 amide bonds. The van der Waals surface area contributed by atoms with Crippen LogP contribution in [0.4, 0.5) is 10.1 Å². The van der Waals surface area contributed by atoms with Crippen LogP contribution in [0.5, 0.6) is 0 Å². The van der Waals surface area contributed by atoms with Crippen LogP contribution in [0.1, 0.15) is 9.67 Å². The van der Waals surface area contributed by atoms with Gasteiger partial charge in [0, 0.05) is 36.3 Å². The molecule has 0 saturated carbocycles. The molecule has 1 N–H and O–H groups in total. The van der Waals surface area contributed by atoms with Gasteiger partial charge < -0.3 is 10.2 Å². The summed E-state index contributed by atoms with van der Waals surface area (Å²) in [6.45, 7) is 2.32. The van der Waals surface area contributed by atoms with Gasteiger partial charge in [-0.15, -0.1) is 11.3 Å². The van der Waals surface area contributed by atoms with Crippen molar-refractivity contribution in [1.29, 1.82) is 0 Å². The summed E-state index contributed by atoms with van der Waals surface area (Å²) in [5, 5.41) is 4.34. The van der Waals surface area contributed by atoms with Crippen molar-refractivity contribution >= 4 is 62.1 Å². The highest BCUT2D eigenvalue weighted by Crippen LogP contribution is 2.36. The summed E-state index contributed by atoms with van der Waals surface area (Å²) in [6, 6.07) is 11.4. The van der Waals surface area contributed by atoms with Gasteiger partial charge in [-0.25, -0.2) is 4.39 Å². The molecule has 2 aromatic carbocycles. The zero-order valence-electron chi connectivity index (χ0n) is 15.8. The summed E-state index contributed by atoms with van der Waals surface area (Å²) in [4.78, 5) is 29.4. The number of thiophene rings is 1. The minimum Gasteiger partial charge on any atom is -0.335 e. The van der Waals surface area contributed by atoms with Crippen LogP contribution in [0, 0.1) is 5.82 Å². The average Bonchev–Trinajstić information content (AvgIpc) is 3.05. The molecule has 0 spiro atoms. The largest absolute Gasteiger partial charge is 0.335 e. The van der Waals surface area contributed by atoms with Gasteiger partial charge in [-0.3, -0.25) is 14.5 Å². The third-order valence-electron chi connectivity index (χ3n) is 4.96. The van der Waals surface area contributed by atoms with Gasteiger partial charge in [0.15, 0.2) is 0 Å². The van der Waals surface area contributed by atoms with Crippen LogP contribution in [0.3, 0.4) is 0 Å². The Morgan fingerprint density at radius 2 is 1.80 bits per heavy atom. The number of benzene rings is 2. The summed E-state index contributed by atoms with van der Waals surface area (Å²) in [6.07, 6.45) is 0. The predicted molar refractivity (Wildman–Crippen MR) is 119 cm³/mol. The van der Waals surface area contributed by atoms with Crippen LogP contribution in [0.2, 0.25) is 10.0 Å². The molecule has 156 valence electrons. The van der Waals surface area contributed by atoms with E-state index in [-0.39, 0.29) is 24.2 Å². The number of piperazine rings is 1. The molecule has 0 unspecified atom stereocenters. The van der Waals surface area contributed by atoms with Crippen molar-refractivity contribution in [3.63, 3.8) is 0 Å². The van der Waals surface area contributed by atoms with Crippen LogP contribution in [-0.4, -0.2) is 54.3 Å². The van der Waals surface area contributed by atoms with Crippen molar-refractivity contribution in [3.05, 3.63) is 63.2 Å². The normalized spacial score (nSPS) is 14.8. The summed E-state index contributed by atoms with van der Waals surface area (Å²) in [7, 11) is 0. The molecule has 1 fully saturated rings. The van der Waals surface area contributed by atoms with E-state index in [1.807, 2.05) is 4.90 Å². The maximum Gasteiger partial charge on any atom is 0.265 e. The number of para-hydroxylation sites is 1. The van der Waals surface area contributed by atoms with E-state index in [1.54, 1.807) is 35.2 Å². The van der Waals surface area contributed by atoms with Crippen LogP contribution < -0.4 is 5.32 Å². The van der Waals surface area contributed by atoms with Gasteiger partial charge in [-0.1, -0.05) is 35.3 Å². The Morgan fingerprint density at radius 1 is 1.07 bits per heavy atom. The van der Waals surface area contributed by atoms with Gasteiger partial charge >= 0.3 is 0 Å². The molecule has 2 heterocycles. The van der Waals surface area contributed by atoms with Gasteiger partial charge in [-0.05, 0) is 30.3 Å². The van der Waals surface area contributed by atoms with Crippen molar-refractivity contribution in [3.8, 4) is 0 Å². The van der Waals surface area contributed by atoms with Crippen LogP contribution in [-0.2, 0) is 4.79 Å². The minimum atomic E-state index is -0.358. The molecule has 0 atom stereocenters. The predicted octanol–water partition coefficient (Wildman–Crippen LogP) is 4.74. The van der Waals surface area contributed by atoms with E-state index in [0.717, 1.165) is 0 Å². The van der Waals surface area contributed by atoms with E-state index in [1.165, 1.54) is 23.5 Å². The maximum atomic E-state index is 13.5. The second-order valence-electron chi connectivity index (χ2n) is 6.98. The van der Waals surface area contributed by atoms with E-state index in [4.69, 9.17) is 23.2 Å². The SMILES string of the molecule is O=C(CN1CCN(C(=O)c2sc3cc(F)ccc3c2Cl)CC1)Nc1ccccc1Cl. The van der Waals surface area contributed by atoms with Crippen molar-refractivity contribution in [2.24, 2.45) is 0 Å². The van der Waals surface area contributed by atoms with Crippen molar-refractivity contribution in [1.82, 2.24) is 9.80 Å². The molecule has 1 aromatic heterocycles. The van der Waals surface area contributed by atoms with E-state index in [0.29, 0.717) is 56.9 Å². The van der Waals surface area contributed by atoms with E-state index >= 15 is 0 Å². The molecule has 0 aliphatic carbocycles. The number of rotatable bonds is 4. The molecule has 9 heteroatoms. The maximum absolute atomic E-state index is 13.5. The Kier molecular flexibility index (Phi) is 6.24. The van der Waals surface area contributed by atoms with Gasteiger partial charge in [0.2, 0.25) is 5.91 Å². The second-order valence-corrected chi connectivity index (χ2v) is 8.82. The number of nitrogens with one attached hydrogen (secondary N) is 1. The minimum absolute atomic E-state index is 0.155. The van der Waals surface area contributed by atoms with Crippen molar-refractivity contribution in [2.45, 2.75) is 0 Å². The number of anilines is 1. The fraction of sp³-hybridized carbons (Fsp3) is 0.238. The first-order valence-corrected chi connectivity index (χ1v) is 10.9. The Morgan fingerprint density at radius 3 is 2.53 bits per heavy atom. The molecule has 30 heavy (non-hydrogen) atoms. The quantitative estimate of drug-likeness (QED) is 0.604. The number of amides is 2. The molecule has 3 aromatic rings. The lowest BCUT2D eigenvalue weighted by Crippen LogP contribution is -2.50. The molecule has 1 aliphatic rings. The number of carbonyl (C=O) groups excluding carboxylic acids is 2. The zero-order chi connectivity index (χ0) is 21.3. The zero-order valence-corrected chi connectivity index (χ0v) is 18.2. The lowest BCUT2D eigenvalue weighted by molar-refractivity contribution is -0.117. The summed E-state index contributed by atoms with van der Waals surface area (Å²) < 4.78 is 14.1. The number of fused-ring (bicyclic) bond motifs is 1. The third-order valence-corrected chi connectivity index (χ3v) is 6.94. The Balaban J connectivity index is 1.35. The number of nitrogens with zero attached hydrogens (tertiary/aromatic N) is 2. The van der Waals surface area contributed by atoms with Gasteiger partial charge in [0.25, 0.3) is 5.91 Å². The highest BCUT2D eigenvalue weighted by molar-refractivity contribution is 7.21. The Hall–Kier alpha value is -2.19. The molecule has 5 nitrogen and oxygen atoms in total. The van der Waals surface area contributed by atoms with Crippen LogP contribution >= 0.6 is 34.5 Å². The highest BCUT2D eigenvalue weighted by Gasteiger charge is 2.27. The third kappa shape index (κ3) is 4.44. The summed E-state index contributed by atoms with van der Waals surface area (Å²) in [5.41, 5.74) is 0.578. The fourth-order valence-corrected chi connectivity index (χ4v) is 5.07. The van der Waals surface area contributed by atoms with Gasteiger partial charge in [0.05, 0.1) is 22.3 Å². The number of hydrogen-bond acceptors (Lipinski definition) is 4. The Labute approximate surface area is 187 Å². The molecule has 1 saturated heterocycles.